The van der Waals surface area contributed by atoms with Gasteiger partial charge < -0.3 is 0 Å². The zero-order chi connectivity index (χ0) is 10.1. The Bertz CT molecular complexity index is 465. The van der Waals surface area contributed by atoms with Crippen molar-refractivity contribution in [2.24, 2.45) is 0 Å². The monoisotopic (exact) mass is 227 g/mol. The van der Waals surface area contributed by atoms with E-state index in [1.54, 1.807) is 29.1 Å². The normalized spacial score (nSPS) is 10.5. The average Bonchev–Trinajstić information content (AvgIpc) is 2.56. The Morgan fingerprint density at radius 2 is 2.07 bits per heavy atom. The largest absolute Gasteiger partial charge is 0.216 e. The molecular weight excluding hydrogens is 221 g/mol. The molecular formula is C9H7Cl2N3. The molecule has 0 amide bonds. The van der Waals surface area contributed by atoms with E-state index >= 15 is 0 Å². The molecule has 0 saturated carbocycles. The lowest BCUT2D eigenvalue weighted by Gasteiger charge is -2.05. The fourth-order valence-corrected chi connectivity index (χ4v) is 1.54. The summed E-state index contributed by atoms with van der Waals surface area (Å²) < 4.78 is 1.65. The van der Waals surface area contributed by atoms with E-state index in [2.05, 4.69) is 10.3 Å². The van der Waals surface area contributed by atoms with Crippen molar-refractivity contribution in [2.75, 3.05) is 0 Å². The van der Waals surface area contributed by atoms with Gasteiger partial charge in [-0.15, -0.1) is 5.10 Å². The van der Waals surface area contributed by atoms with Crippen LogP contribution < -0.4 is 0 Å². The second-order valence-electron chi connectivity index (χ2n) is 2.88. The smallest absolute Gasteiger partial charge is 0.0867 e. The predicted molar refractivity (Wildman–Crippen MR) is 56.1 cm³/mol. The summed E-state index contributed by atoms with van der Waals surface area (Å²) >= 11 is 11.9. The van der Waals surface area contributed by atoms with E-state index in [0.717, 1.165) is 11.4 Å². The first kappa shape index (κ1) is 9.49. The molecule has 0 aliphatic rings. The minimum Gasteiger partial charge on any atom is -0.216 e. The highest BCUT2D eigenvalue weighted by molar-refractivity contribution is 6.34. The number of aromatic nitrogens is 3. The van der Waals surface area contributed by atoms with Crippen LogP contribution in [0.25, 0.3) is 5.69 Å². The third-order valence-electron chi connectivity index (χ3n) is 1.86. The molecule has 0 fully saturated rings. The predicted octanol–water partition coefficient (Wildman–Crippen LogP) is 2.88. The van der Waals surface area contributed by atoms with Crippen LogP contribution in [0.3, 0.4) is 0 Å². The van der Waals surface area contributed by atoms with Gasteiger partial charge in [0.05, 0.1) is 22.6 Å². The second kappa shape index (κ2) is 3.59. The number of hydrogen-bond donors (Lipinski definition) is 0. The first-order valence-corrected chi connectivity index (χ1v) is 4.77. The molecule has 5 heteroatoms. The van der Waals surface area contributed by atoms with Crippen molar-refractivity contribution in [3.63, 3.8) is 0 Å². The molecule has 1 aromatic carbocycles. The molecule has 0 saturated heterocycles. The molecule has 72 valence electrons. The van der Waals surface area contributed by atoms with Crippen LogP contribution in [0, 0.1) is 6.92 Å². The average molecular weight is 228 g/mol. The second-order valence-corrected chi connectivity index (χ2v) is 3.73. The summed E-state index contributed by atoms with van der Waals surface area (Å²) in [4.78, 5) is 0. The van der Waals surface area contributed by atoms with Crippen molar-refractivity contribution < 1.29 is 0 Å². The van der Waals surface area contributed by atoms with E-state index in [9.17, 15) is 0 Å². The van der Waals surface area contributed by atoms with Crippen molar-refractivity contribution in [1.29, 1.82) is 0 Å². The Kier molecular flexibility index (Phi) is 2.44. The SMILES string of the molecule is Cc1cnnn1-c1cc(Cl)ccc1Cl. The molecule has 1 heterocycles. The van der Waals surface area contributed by atoms with E-state index in [1.165, 1.54) is 0 Å². The molecule has 0 aliphatic carbocycles. The maximum absolute atomic E-state index is 6.01. The van der Waals surface area contributed by atoms with Crippen molar-refractivity contribution >= 4 is 23.2 Å². The van der Waals surface area contributed by atoms with Gasteiger partial charge in [0.1, 0.15) is 0 Å². The molecule has 0 unspecified atom stereocenters. The van der Waals surface area contributed by atoms with E-state index in [1.807, 2.05) is 6.92 Å². The molecule has 0 aliphatic heterocycles. The van der Waals surface area contributed by atoms with Crippen LogP contribution in [0.15, 0.2) is 24.4 Å². The zero-order valence-corrected chi connectivity index (χ0v) is 8.92. The summed E-state index contributed by atoms with van der Waals surface area (Å²) in [6, 6.07) is 5.23. The standard InChI is InChI=1S/C9H7Cl2N3/c1-6-5-12-13-14(6)9-4-7(10)2-3-8(9)11/h2-5H,1H3. The Morgan fingerprint density at radius 1 is 1.29 bits per heavy atom. The lowest BCUT2D eigenvalue weighted by atomic mass is 10.3. The highest BCUT2D eigenvalue weighted by atomic mass is 35.5. The zero-order valence-electron chi connectivity index (χ0n) is 7.41. The van der Waals surface area contributed by atoms with Gasteiger partial charge in [0.2, 0.25) is 0 Å². The summed E-state index contributed by atoms with van der Waals surface area (Å²) in [5.41, 5.74) is 1.66. The van der Waals surface area contributed by atoms with Gasteiger partial charge in [-0.2, -0.15) is 0 Å². The fourth-order valence-electron chi connectivity index (χ4n) is 1.17. The van der Waals surface area contributed by atoms with Crippen LogP contribution >= 0.6 is 23.2 Å². The van der Waals surface area contributed by atoms with Crippen LogP contribution in [0.4, 0.5) is 0 Å². The van der Waals surface area contributed by atoms with Crippen LogP contribution in [-0.4, -0.2) is 15.0 Å². The highest BCUT2D eigenvalue weighted by Gasteiger charge is 2.06. The number of hydrogen-bond acceptors (Lipinski definition) is 2. The highest BCUT2D eigenvalue weighted by Crippen LogP contribution is 2.24. The lowest BCUT2D eigenvalue weighted by Crippen LogP contribution is -1.99. The summed E-state index contributed by atoms with van der Waals surface area (Å²) in [5.74, 6) is 0. The van der Waals surface area contributed by atoms with Crippen LogP contribution in [0.1, 0.15) is 5.69 Å². The molecule has 2 aromatic rings. The summed E-state index contributed by atoms with van der Waals surface area (Å²) in [5, 5.41) is 8.92. The van der Waals surface area contributed by atoms with Gasteiger partial charge in [0.15, 0.2) is 0 Å². The Labute approximate surface area is 91.3 Å². The van der Waals surface area contributed by atoms with Crippen molar-refractivity contribution in [2.45, 2.75) is 6.92 Å². The molecule has 0 spiro atoms. The molecule has 0 N–H and O–H groups in total. The summed E-state index contributed by atoms with van der Waals surface area (Å²) in [6.07, 6.45) is 1.66. The van der Waals surface area contributed by atoms with Gasteiger partial charge >= 0.3 is 0 Å². The third kappa shape index (κ3) is 1.61. The van der Waals surface area contributed by atoms with E-state index in [0.29, 0.717) is 10.0 Å². The quantitative estimate of drug-likeness (QED) is 0.751. The maximum Gasteiger partial charge on any atom is 0.0867 e. The van der Waals surface area contributed by atoms with E-state index in [-0.39, 0.29) is 0 Å². The van der Waals surface area contributed by atoms with Gasteiger partial charge in [-0.3, -0.25) is 0 Å². The summed E-state index contributed by atoms with van der Waals surface area (Å²) in [7, 11) is 0. The topological polar surface area (TPSA) is 30.7 Å². The van der Waals surface area contributed by atoms with Gasteiger partial charge in [0.25, 0.3) is 0 Å². The number of benzene rings is 1. The first-order valence-electron chi connectivity index (χ1n) is 4.01. The molecule has 2 rings (SSSR count). The molecule has 1 aromatic heterocycles. The maximum atomic E-state index is 6.01. The number of halogens is 2. The van der Waals surface area contributed by atoms with Crippen LogP contribution in [-0.2, 0) is 0 Å². The molecule has 3 nitrogen and oxygen atoms in total. The van der Waals surface area contributed by atoms with Crippen molar-refractivity contribution in [3.05, 3.63) is 40.1 Å². The number of rotatable bonds is 1. The van der Waals surface area contributed by atoms with Gasteiger partial charge in [-0.25, -0.2) is 4.68 Å². The van der Waals surface area contributed by atoms with Crippen LogP contribution in [0.2, 0.25) is 10.0 Å². The molecule has 0 bridgehead atoms. The fraction of sp³-hybridized carbons (Fsp3) is 0.111. The number of nitrogens with zero attached hydrogens (tertiary/aromatic N) is 3. The Balaban J connectivity index is 2.62. The minimum absolute atomic E-state index is 0.600. The van der Waals surface area contributed by atoms with E-state index < -0.39 is 0 Å². The molecule has 0 atom stereocenters. The van der Waals surface area contributed by atoms with Crippen molar-refractivity contribution in [3.8, 4) is 5.69 Å². The Morgan fingerprint density at radius 3 is 2.71 bits per heavy atom. The molecule has 0 radical (unpaired) electrons. The van der Waals surface area contributed by atoms with Gasteiger partial charge in [0, 0.05) is 5.02 Å². The molecule has 14 heavy (non-hydrogen) atoms. The van der Waals surface area contributed by atoms with Gasteiger partial charge in [-0.05, 0) is 25.1 Å². The Hall–Kier alpha value is -1.06. The van der Waals surface area contributed by atoms with Crippen molar-refractivity contribution in [1.82, 2.24) is 15.0 Å². The van der Waals surface area contributed by atoms with E-state index in [4.69, 9.17) is 23.2 Å². The third-order valence-corrected chi connectivity index (χ3v) is 2.41. The summed E-state index contributed by atoms with van der Waals surface area (Å²) in [6.45, 7) is 1.90. The van der Waals surface area contributed by atoms with Gasteiger partial charge in [-0.1, -0.05) is 28.4 Å². The minimum atomic E-state index is 0.600. The van der Waals surface area contributed by atoms with Crippen LogP contribution in [0.5, 0.6) is 0 Å². The lowest BCUT2D eigenvalue weighted by molar-refractivity contribution is 0.785. The first-order chi connectivity index (χ1) is 6.68. The number of aryl methyl sites for hydroxylation is 1.